The number of benzene rings is 1. The van der Waals surface area contributed by atoms with E-state index in [1.165, 1.54) is 0 Å². The highest BCUT2D eigenvalue weighted by Gasteiger charge is 2.19. The molecule has 5 heteroatoms. The number of para-hydroxylation sites is 1. The Hall–Kier alpha value is -1.75. The van der Waals surface area contributed by atoms with Gasteiger partial charge in [0.2, 0.25) is 0 Å². The van der Waals surface area contributed by atoms with Crippen LogP contribution >= 0.6 is 0 Å². The predicted octanol–water partition coefficient (Wildman–Crippen LogP) is 1.87. The van der Waals surface area contributed by atoms with Crippen LogP contribution in [0.15, 0.2) is 18.2 Å². The summed E-state index contributed by atoms with van der Waals surface area (Å²) in [6, 6.07) is 5.33. The molecule has 1 aromatic carbocycles. The smallest absolute Gasteiger partial charge is 0.260 e. The second-order valence-corrected chi connectivity index (χ2v) is 4.76. The molecule has 0 aliphatic heterocycles. The summed E-state index contributed by atoms with van der Waals surface area (Å²) in [5, 5.41) is 12.2. The Morgan fingerprint density at radius 1 is 1.35 bits per heavy atom. The average molecular weight is 281 g/mol. The second kappa shape index (κ2) is 7.75. The van der Waals surface area contributed by atoms with Gasteiger partial charge in [-0.05, 0) is 33.8 Å². The van der Waals surface area contributed by atoms with Gasteiger partial charge in [0.1, 0.15) is 0 Å². The van der Waals surface area contributed by atoms with Gasteiger partial charge in [-0.3, -0.25) is 4.79 Å². The number of hydrogen-bond acceptors (Lipinski definition) is 4. The lowest BCUT2D eigenvalue weighted by Crippen LogP contribution is -2.40. The van der Waals surface area contributed by atoms with Crippen LogP contribution in [-0.2, 0) is 11.4 Å². The predicted molar refractivity (Wildman–Crippen MR) is 76.9 cm³/mol. The fourth-order valence-corrected chi connectivity index (χ4v) is 1.72. The zero-order chi connectivity index (χ0) is 15.1. The van der Waals surface area contributed by atoms with Crippen molar-refractivity contribution in [3.8, 4) is 11.5 Å². The highest BCUT2D eigenvalue weighted by atomic mass is 16.5. The van der Waals surface area contributed by atoms with Crippen molar-refractivity contribution < 1.29 is 19.4 Å². The molecule has 0 bridgehead atoms. The van der Waals surface area contributed by atoms with Gasteiger partial charge in [-0.2, -0.15) is 0 Å². The zero-order valence-electron chi connectivity index (χ0n) is 12.5. The molecule has 0 aromatic heterocycles. The Kier molecular flexibility index (Phi) is 6.31. The van der Waals surface area contributed by atoms with E-state index in [2.05, 4.69) is 5.32 Å². The highest BCUT2D eigenvalue weighted by Crippen LogP contribution is 2.32. The summed E-state index contributed by atoms with van der Waals surface area (Å²) in [5.41, 5.74) is 0.597. The van der Waals surface area contributed by atoms with Crippen molar-refractivity contribution in [1.82, 2.24) is 5.32 Å². The fraction of sp³-hybridized carbons (Fsp3) is 0.533. The molecule has 1 amide bonds. The number of carbonyl (C=O) groups is 1. The molecule has 0 aliphatic carbocycles. The van der Waals surface area contributed by atoms with E-state index in [1.807, 2.05) is 20.8 Å². The standard InChI is InChI=1S/C15H23NO4/c1-5-19-13-8-6-7-12(9-17)14(13)20-11(4)15(18)16-10(2)3/h6-8,10-11,17H,5,9H2,1-4H3,(H,16,18). The van der Waals surface area contributed by atoms with E-state index in [4.69, 9.17) is 9.47 Å². The molecule has 20 heavy (non-hydrogen) atoms. The zero-order valence-corrected chi connectivity index (χ0v) is 12.5. The van der Waals surface area contributed by atoms with Gasteiger partial charge in [0.15, 0.2) is 17.6 Å². The molecule has 1 aromatic rings. The summed E-state index contributed by atoms with van der Waals surface area (Å²) in [4.78, 5) is 11.9. The molecule has 1 unspecified atom stereocenters. The first kappa shape index (κ1) is 16.3. The van der Waals surface area contributed by atoms with Gasteiger partial charge in [-0.1, -0.05) is 12.1 Å². The summed E-state index contributed by atoms with van der Waals surface area (Å²) in [7, 11) is 0. The molecule has 1 atom stereocenters. The topological polar surface area (TPSA) is 67.8 Å². The van der Waals surface area contributed by atoms with Gasteiger partial charge in [0, 0.05) is 11.6 Å². The quantitative estimate of drug-likeness (QED) is 0.800. The van der Waals surface area contributed by atoms with E-state index in [0.717, 1.165) is 0 Å². The van der Waals surface area contributed by atoms with Crippen LogP contribution in [0.4, 0.5) is 0 Å². The van der Waals surface area contributed by atoms with Crippen LogP contribution < -0.4 is 14.8 Å². The van der Waals surface area contributed by atoms with E-state index < -0.39 is 6.10 Å². The first-order chi connectivity index (χ1) is 9.49. The van der Waals surface area contributed by atoms with Crippen molar-refractivity contribution in [1.29, 1.82) is 0 Å². The van der Waals surface area contributed by atoms with Gasteiger partial charge < -0.3 is 19.9 Å². The molecule has 0 saturated carbocycles. The Balaban J connectivity index is 2.91. The summed E-state index contributed by atoms with van der Waals surface area (Å²) in [5.74, 6) is 0.752. The van der Waals surface area contributed by atoms with E-state index in [-0.39, 0.29) is 18.6 Å². The van der Waals surface area contributed by atoms with E-state index in [9.17, 15) is 9.90 Å². The largest absolute Gasteiger partial charge is 0.490 e. The van der Waals surface area contributed by atoms with Crippen LogP contribution in [0.25, 0.3) is 0 Å². The molecule has 0 fully saturated rings. The molecule has 5 nitrogen and oxygen atoms in total. The number of ether oxygens (including phenoxy) is 2. The number of aliphatic hydroxyl groups excluding tert-OH is 1. The van der Waals surface area contributed by atoms with E-state index in [1.54, 1.807) is 25.1 Å². The normalized spacial score (nSPS) is 12.1. The third-order valence-corrected chi connectivity index (χ3v) is 2.63. The molecule has 112 valence electrons. The van der Waals surface area contributed by atoms with Crippen molar-refractivity contribution in [2.24, 2.45) is 0 Å². The third-order valence-electron chi connectivity index (χ3n) is 2.63. The summed E-state index contributed by atoms with van der Waals surface area (Å²) < 4.78 is 11.2. The highest BCUT2D eigenvalue weighted by molar-refractivity contribution is 5.81. The number of hydrogen-bond donors (Lipinski definition) is 2. The van der Waals surface area contributed by atoms with Crippen molar-refractivity contribution >= 4 is 5.91 Å². The Morgan fingerprint density at radius 3 is 2.60 bits per heavy atom. The average Bonchev–Trinajstić information content (AvgIpc) is 2.40. The van der Waals surface area contributed by atoms with Gasteiger partial charge in [0.25, 0.3) is 5.91 Å². The van der Waals surface area contributed by atoms with Crippen LogP contribution in [0, 0.1) is 0 Å². The minimum Gasteiger partial charge on any atom is -0.490 e. The van der Waals surface area contributed by atoms with Crippen LogP contribution in [0.2, 0.25) is 0 Å². The minimum absolute atomic E-state index is 0.0491. The number of aliphatic hydroxyl groups is 1. The molecule has 0 radical (unpaired) electrons. The molecule has 0 heterocycles. The van der Waals surface area contributed by atoms with Crippen LogP contribution in [0.3, 0.4) is 0 Å². The molecule has 2 N–H and O–H groups in total. The maximum absolute atomic E-state index is 11.9. The van der Waals surface area contributed by atoms with Gasteiger partial charge >= 0.3 is 0 Å². The SMILES string of the molecule is CCOc1cccc(CO)c1OC(C)C(=O)NC(C)C. The molecular formula is C15H23NO4. The summed E-state index contributed by atoms with van der Waals surface area (Å²) in [6.45, 7) is 7.62. The van der Waals surface area contributed by atoms with Crippen LogP contribution in [0.1, 0.15) is 33.3 Å². The molecule has 0 aliphatic rings. The lowest BCUT2D eigenvalue weighted by atomic mass is 10.2. The molecular weight excluding hydrogens is 258 g/mol. The number of nitrogens with one attached hydrogen (secondary N) is 1. The summed E-state index contributed by atoms with van der Waals surface area (Å²) in [6.07, 6.45) is -0.663. The minimum atomic E-state index is -0.663. The number of rotatable bonds is 7. The van der Waals surface area contributed by atoms with Gasteiger partial charge in [-0.15, -0.1) is 0 Å². The van der Waals surface area contributed by atoms with Crippen molar-refractivity contribution in [2.45, 2.75) is 46.4 Å². The maximum atomic E-state index is 11.9. The second-order valence-electron chi connectivity index (χ2n) is 4.76. The monoisotopic (exact) mass is 281 g/mol. The van der Waals surface area contributed by atoms with Crippen LogP contribution in [-0.4, -0.2) is 29.8 Å². The van der Waals surface area contributed by atoms with Crippen molar-refractivity contribution in [3.63, 3.8) is 0 Å². The van der Waals surface area contributed by atoms with Crippen molar-refractivity contribution in [3.05, 3.63) is 23.8 Å². The third kappa shape index (κ3) is 4.42. The molecule has 0 spiro atoms. The first-order valence-corrected chi connectivity index (χ1v) is 6.82. The molecule has 1 rings (SSSR count). The van der Waals surface area contributed by atoms with E-state index in [0.29, 0.717) is 23.7 Å². The first-order valence-electron chi connectivity index (χ1n) is 6.82. The maximum Gasteiger partial charge on any atom is 0.260 e. The Labute approximate surface area is 119 Å². The number of amides is 1. The lowest BCUT2D eigenvalue weighted by molar-refractivity contribution is -0.127. The van der Waals surface area contributed by atoms with E-state index >= 15 is 0 Å². The van der Waals surface area contributed by atoms with Gasteiger partial charge in [0.05, 0.1) is 13.2 Å². The lowest BCUT2D eigenvalue weighted by Gasteiger charge is -2.20. The van der Waals surface area contributed by atoms with Crippen molar-refractivity contribution in [2.75, 3.05) is 6.61 Å². The Bertz CT molecular complexity index is 445. The number of carbonyl (C=O) groups excluding carboxylic acids is 1. The van der Waals surface area contributed by atoms with Gasteiger partial charge in [-0.25, -0.2) is 0 Å². The Morgan fingerprint density at radius 2 is 2.05 bits per heavy atom. The van der Waals surface area contributed by atoms with Crippen LogP contribution in [0.5, 0.6) is 11.5 Å². The summed E-state index contributed by atoms with van der Waals surface area (Å²) >= 11 is 0. The fourth-order valence-electron chi connectivity index (χ4n) is 1.72. The molecule has 0 saturated heterocycles.